The third-order valence-electron chi connectivity index (χ3n) is 3.22. The highest BCUT2D eigenvalue weighted by Crippen LogP contribution is 2.16. The molecule has 0 saturated carbocycles. The summed E-state index contributed by atoms with van der Waals surface area (Å²) < 4.78 is 2.22. The summed E-state index contributed by atoms with van der Waals surface area (Å²) in [7, 11) is 0. The minimum atomic E-state index is 0.983. The molecule has 0 fully saturated rings. The zero-order valence-corrected chi connectivity index (χ0v) is 12.4. The van der Waals surface area contributed by atoms with E-state index < -0.39 is 0 Å². The number of aromatic nitrogens is 1. The van der Waals surface area contributed by atoms with Gasteiger partial charge in [0.15, 0.2) is 4.80 Å². The molecule has 1 aromatic heterocycles. The number of hydrogen-bond acceptors (Lipinski definition) is 2. The topological polar surface area (TPSA) is 17.3 Å². The maximum Gasteiger partial charge on any atom is 0.194 e. The van der Waals surface area contributed by atoms with Gasteiger partial charge in [0, 0.05) is 11.1 Å². The number of thiazole rings is 1. The number of nitrogens with zero attached hydrogens (tertiary/aromatic N) is 2. The van der Waals surface area contributed by atoms with Crippen LogP contribution in [0.1, 0.15) is 11.3 Å². The maximum absolute atomic E-state index is 4.76. The second-order valence-electron chi connectivity index (χ2n) is 4.73. The van der Waals surface area contributed by atoms with Gasteiger partial charge in [-0.15, -0.1) is 11.3 Å². The Kier molecular flexibility index (Phi) is 3.52. The number of para-hydroxylation sites is 2. The number of aryl methyl sites for hydroxylation is 2. The molecule has 0 spiro atoms. The van der Waals surface area contributed by atoms with Gasteiger partial charge in [0.1, 0.15) is 0 Å². The van der Waals surface area contributed by atoms with E-state index in [-0.39, 0.29) is 0 Å². The van der Waals surface area contributed by atoms with Crippen molar-refractivity contribution >= 4 is 17.0 Å². The molecule has 2 nitrogen and oxygen atoms in total. The number of rotatable bonds is 2. The zero-order chi connectivity index (χ0) is 13.9. The summed E-state index contributed by atoms with van der Waals surface area (Å²) in [5, 5.41) is 2.15. The van der Waals surface area contributed by atoms with Crippen LogP contribution in [0.5, 0.6) is 0 Å². The lowest BCUT2D eigenvalue weighted by Crippen LogP contribution is -2.14. The Labute approximate surface area is 122 Å². The molecule has 0 amide bonds. The Balaban J connectivity index is 2.21. The van der Waals surface area contributed by atoms with Gasteiger partial charge in [-0.2, -0.15) is 0 Å². The molecule has 3 rings (SSSR count). The molecule has 0 aliphatic rings. The van der Waals surface area contributed by atoms with E-state index in [0.717, 1.165) is 10.5 Å². The van der Waals surface area contributed by atoms with Crippen LogP contribution < -0.4 is 4.80 Å². The molecular weight excluding hydrogens is 264 g/mol. The van der Waals surface area contributed by atoms with Crippen LogP contribution >= 0.6 is 11.3 Å². The van der Waals surface area contributed by atoms with Gasteiger partial charge >= 0.3 is 0 Å². The van der Waals surface area contributed by atoms with Crippen LogP contribution in [0.3, 0.4) is 0 Å². The summed E-state index contributed by atoms with van der Waals surface area (Å²) in [5.41, 5.74) is 4.64. The van der Waals surface area contributed by atoms with Crippen molar-refractivity contribution < 1.29 is 0 Å². The molecule has 2 aromatic carbocycles. The van der Waals surface area contributed by atoms with Crippen molar-refractivity contribution in [3.8, 4) is 5.69 Å². The van der Waals surface area contributed by atoms with Crippen LogP contribution in [0.25, 0.3) is 5.69 Å². The highest BCUT2D eigenvalue weighted by molar-refractivity contribution is 7.07. The monoisotopic (exact) mass is 280 g/mol. The van der Waals surface area contributed by atoms with E-state index in [0.29, 0.717) is 0 Å². The predicted molar refractivity (Wildman–Crippen MR) is 84.8 cm³/mol. The molecule has 20 heavy (non-hydrogen) atoms. The standard InChI is InChI=1S/C17H16N2S/c1-13-8-6-7-11-16(13)19-14(2)12-20-17(19)18-15-9-4-3-5-10-15/h3-12H,1-2H3. The van der Waals surface area contributed by atoms with Crippen molar-refractivity contribution in [3.63, 3.8) is 0 Å². The van der Waals surface area contributed by atoms with E-state index in [1.165, 1.54) is 16.9 Å². The molecule has 3 aromatic rings. The third-order valence-corrected chi connectivity index (χ3v) is 4.16. The summed E-state index contributed by atoms with van der Waals surface area (Å²) in [6.45, 7) is 4.25. The van der Waals surface area contributed by atoms with E-state index in [1.807, 2.05) is 30.3 Å². The second-order valence-corrected chi connectivity index (χ2v) is 5.57. The minimum absolute atomic E-state index is 0.983. The molecule has 0 aliphatic heterocycles. The lowest BCUT2D eigenvalue weighted by Gasteiger charge is -2.09. The van der Waals surface area contributed by atoms with Crippen molar-refractivity contribution in [2.45, 2.75) is 13.8 Å². The zero-order valence-electron chi connectivity index (χ0n) is 11.6. The Hall–Kier alpha value is -2.13. The van der Waals surface area contributed by atoms with Gasteiger partial charge < -0.3 is 0 Å². The molecule has 3 heteroatoms. The molecule has 0 N–H and O–H groups in total. The van der Waals surface area contributed by atoms with Gasteiger partial charge in [0.2, 0.25) is 0 Å². The first-order valence-corrected chi connectivity index (χ1v) is 7.46. The summed E-state index contributed by atoms with van der Waals surface area (Å²) >= 11 is 1.67. The highest BCUT2D eigenvalue weighted by Gasteiger charge is 2.06. The first kappa shape index (κ1) is 12.9. The average Bonchev–Trinajstić information content (AvgIpc) is 2.82. The second kappa shape index (κ2) is 5.47. The molecule has 0 unspecified atom stereocenters. The van der Waals surface area contributed by atoms with E-state index in [9.17, 15) is 0 Å². The van der Waals surface area contributed by atoms with E-state index in [2.05, 4.69) is 48.1 Å². The van der Waals surface area contributed by atoms with Crippen LogP contribution in [0, 0.1) is 13.8 Å². The Morgan fingerprint density at radius 2 is 1.60 bits per heavy atom. The maximum atomic E-state index is 4.76. The largest absolute Gasteiger partial charge is 0.289 e. The SMILES string of the molecule is Cc1ccccc1-n1c(C)csc1=Nc1ccccc1. The summed E-state index contributed by atoms with van der Waals surface area (Å²) in [6.07, 6.45) is 0. The lowest BCUT2D eigenvalue weighted by molar-refractivity contribution is 0.944. The summed E-state index contributed by atoms with van der Waals surface area (Å²) in [5.74, 6) is 0. The van der Waals surface area contributed by atoms with Gasteiger partial charge in [0.25, 0.3) is 0 Å². The van der Waals surface area contributed by atoms with Crippen LogP contribution in [-0.2, 0) is 0 Å². The van der Waals surface area contributed by atoms with E-state index >= 15 is 0 Å². The Morgan fingerprint density at radius 1 is 0.900 bits per heavy atom. The summed E-state index contributed by atoms with van der Waals surface area (Å²) in [4.78, 5) is 5.76. The highest BCUT2D eigenvalue weighted by atomic mass is 32.1. The van der Waals surface area contributed by atoms with Crippen molar-refractivity contribution in [1.82, 2.24) is 4.57 Å². The molecule has 0 aliphatic carbocycles. The van der Waals surface area contributed by atoms with Crippen LogP contribution in [0.15, 0.2) is 65.0 Å². The third kappa shape index (κ3) is 2.45. The van der Waals surface area contributed by atoms with Gasteiger partial charge in [-0.25, -0.2) is 4.99 Å². The fourth-order valence-corrected chi connectivity index (χ4v) is 3.08. The van der Waals surface area contributed by atoms with Crippen LogP contribution in [0.2, 0.25) is 0 Å². The Morgan fingerprint density at radius 3 is 2.35 bits per heavy atom. The van der Waals surface area contributed by atoms with Crippen molar-refractivity contribution in [2.24, 2.45) is 4.99 Å². The van der Waals surface area contributed by atoms with Gasteiger partial charge in [-0.05, 0) is 37.6 Å². The molecular formula is C17H16N2S. The molecule has 1 heterocycles. The first-order chi connectivity index (χ1) is 9.75. The fraction of sp³-hybridized carbons (Fsp3) is 0.118. The van der Waals surface area contributed by atoms with Gasteiger partial charge in [-0.3, -0.25) is 4.57 Å². The fourth-order valence-electron chi connectivity index (χ4n) is 2.19. The molecule has 0 atom stereocenters. The van der Waals surface area contributed by atoms with Crippen molar-refractivity contribution in [3.05, 3.63) is 76.0 Å². The van der Waals surface area contributed by atoms with Gasteiger partial charge in [0.05, 0.1) is 11.4 Å². The van der Waals surface area contributed by atoms with E-state index in [1.54, 1.807) is 11.3 Å². The Bertz CT molecular complexity index is 782. The number of hydrogen-bond donors (Lipinski definition) is 0. The van der Waals surface area contributed by atoms with Crippen LogP contribution in [-0.4, -0.2) is 4.57 Å². The molecule has 100 valence electrons. The normalized spacial score (nSPS) is 11.8. The lowest BCUT2D eigenvalue weighted by atomic mass is 10.2. The molecule has 0 radical (unpaired) electrons. The van der Waals surface area contributed by atoms with Crippen molar-refractivity contribution in [1.29, 1.82) is 0 Å². The quantitative estimate of drug-likeness (QED) is 0.662. The van der Waals surface area contributed by atoms with Crippen LogP contribution in [0.4, 0.5) is 5.69 Å². The van der Waals surface area contributed by atoms with Gasteiger partial charge in [-0.1, -0.05) is 36.4 Å². The van der Waals surface area contributed by atoms with E-state index in [4.69, 9.17) is 4.99 Å². The minimum Gasteiger partial charge on any atom is -0.289 e. The number of benzene rings is 2. The first-order valence-electron chi connectivity index (χ1n) is 6.58. The molecule has 0 saturated heterocycles. The average molecular weight is 280 g/mol. The predicted octanol–water partition coefficient (Wildman–Crippen LogP) is 4.39. The summed E-state index contributed by atoms with van der Waals surface area (Å²) in [6, 6.07) is 18.5. The smallest absolute Gasteiger partial charge is 0.194 e. The van der Waals surface area contributed by atoms with Crippen molar-refractivity contribution in [2.75, 3.05) is 0 Å². The molecule has 0 bridgehead atoms.